The molecule has 1 saturated heterocycles. The van der Waals surface area contributed by atoms with Crippen molar-refractivity contribution in [3.05, 3.63) is 0 Å². The van der Waals surface area contributed by atoms with Crippen LogP contribution in [0.2, 0.25) is 0 Å². The Hall–Kier alpha value is -0.610. The Morgan fingerprint density at radius 3 is 2.63 bits per heavy atom. The van der Waals surface area contributed by atoms with Gasteiger partial charge in [0.1, 0.15) is 0 Å². The van der Waals surface area contributed by atoms with Crippen molar-refractivity contribution in [3.63, 3.8) is 0 Å². The molecular formula is C15H31N3O. The van der Waals surface area contributed by atoms with E-state index in [1.165, 1.54) is 19.4 Å². The molecule has 0 aromatic rings. The second-order valence-corrected chi connectivity index (χ2v) is 6.88. The van der Waals surface area contributed by atoms with E-state index in [0.29, 0.717) is 12.5 Å². The van der Waals surface area contributed by atoms with E-state index in [1.54, 1.807) is 0 Å². The highest BCUT2D eigenvalue weighted by Crippen LogP contribution is 2.21. The highest BCUT2D eigenvalue weighted by atomic mass is 16.2. The molecule has 2 unspecified atom stereocenters. The Balaban J connectivity index is 2.44. The number of hydrogen-bond donors (Lipinski definition) is 1. The molecule has 1 aliphatic heterocycles. The number of likely N-dealkylation sites (tertiary alicyclic amines) is 1. The Morgan fingerprint density at radius 2 is 2.11 bits per heavy atom. The molecule has 0 spiro atoms. The Kier molecular flexibility index (Phi) is 5.81. The van der Waals surface area contributed by atoms with Crippen LogP contribution in [-0.4, -0.2) is 54.5 Å². The van der Waals surface area contributed by atoms with Gasteiger partial charge in [-0.3, -0.25) is 9.69 Å². The zero-order valence-corrected chi connectivity index (χ0v) is 13.3. The number of carbonyl (C=O) groups excluding carboxylic acids is 1. The van der Waals surface area contributed by atoms with Crippen LogP contribution in [0.5, 0.6) is 0 Å². The molecule has 4 nitrogen and oxygen atoms in total. The van der Waals surface area contributed by atoms with Crippen molar-refractivity contribution in [2.24, 2.45) is 11.1 Å². The van der Waals surface area contributed by atoms with Crippen LogP contribution in [0.3, 0.4) is 0 Å². The van der Waals surface area contributed by atoms with Gasteiger partial charge < -0.3 is 10.6 Å². The van der Waals surface area contributed by atoms with Gasteiger partial charge in [-0.15, -0.1) is 0 Å². The van der Waals surface area contributed by atoms with Crippen molar-refractivity contribution in [1.82, 2.24) is 9.80 Å². The van der Waals surface area contributed by atoms with Crippen LogP contribution in [0.4, 0.5) is 0 Å². The molecule has 0 radical (unpaired) electrons. The third kappa shape index (κ3) is 4.77. The number of rotatable bonds is 5. The molecule has 0 aromatic heterocycles. The first-order chi connectivity index (χ1) is 8.75. The van der Waals surface area contributed by atoms with E-state index in [4.69, 9.17) is 5.73 Å². The summed E-state index contributed by atoms with van der Waals surface area (Å²) in [5, 5.41) is 0. The van der Waals surface area contributed by atoms with Crippen LogP contribution in [0.15, 0.2) is 0 Å². The lowest BCUT2D eigenvalue weighted by atomic mass is 9.85. The molecule has 0 saturated carbocycles. The van der Waals surface area contributed by atoms with Gasteiger partial charge in [0.15, 0.2) is 0 Å². The average molecular weight is 269 g/mol. The van der Waals surface area contributed by atoms with E-state index < -0.39 is 0 Å². The van der Waals surface area contributed by atoms with Crippen LogP contribution in [0, 0.1) is 5.41 Å². The van der Waals surface area contributed by atoms with Gasteiger partial charge in [-0.1, -0.05) is 27.7 Å². The Bertz CT molecular complexity index is 298. The Labute approximate surface area is 118 Å². The van der Waals surface area contributed by atoms with Gasteiger partial charge in [-0.25, -0.2) is 0 Å². The summed E-state index contributed by atoms with van der Waals surface area (Å²) in [6, 6.07) is 0.457. The highest BCUT2D eigenvalue weighted by molar-refractivity contribution is 5.76. The van der Waals surface area contributed by atoms with Crippen LogP contribution < -0.4 is 5.73 Å². The molecule has 112 valence electrons. The highest BCUT2D eigenvalue weighted by Gasteiger charge is 2.28. The first kappa shape index (κ1) is 16.4. The molecule has 4 heteroatoms. The maximum absolute atomic E-state index is 12.2. The normalized spacial score (nSPS) is 22.5. The van der Waals surface area contributed by atoms with E-state index in [9.17, 15) is 4.79 Å². The molecule has 2 N–H and O–H groups in total. The van der Waals surface area contributed by atoms with E-state index >= 15 is 0 Å². The third-order valence-electron chi connectivity index (χ3n) is 4.32. The number of amides is 1. The molecule has 0 aliphatic carbocycles. The lowest BCUT2D eigenvalue weighted by Crippen LogP contribution is -2.44. The van der Waals surface area contributed by atoms with Gasteiger partial charge in [-0.05, 0) is 31.3 Å². The molecule has 1 amide bonds. The first-order valence-corrected chi connectivity index (χ1v) is 7.49. The number of carbonyl (C=O) groups is 1. The zero-order valence-electron chi connectivity index (χ0n) is 13.3. The largest absolute Gasteiger partial charge is 0.344 e. The predicted octanol–water partition coefficient (Wildman–Crippen LogP) is 1.69. The Morgan fingerprint density at radius 1 is 1.47 bits per heavy atom. The standard InChI is InChI=1S/C15H31N3O/c1-6-18-9-7-8-12(18)11-17(5)14(19)10-13(16)15(2,3)4/h12-13H,6-11,16H2,1-5H3. The summed E-state index contributed by atoms with van der Waals surface area (Å²) >= 11 is 0. The summed E-state index contributed by atoms with van der Waals surface area (Å²) in [5.74, 6) is 0.172. The smallest absolute Gasteiger partial charge is 0.223 e. The number of likely N-dealkylation sites (N-methyl/N-ethyl adjacent to an activating group) is 2. The summed E-state index contributed by atoms with van der Waals surface area (Å²) in [4.78, 5) is 16.5. The number of nitrogens with two attached hydrogens (primary N) is 1. The summed E-state index contributed by atoms with van der Waals surface area (Å²) in [6.45, 7) is 11.5. The SMILES string of the molecule is CCN1CCCC1CN(C)C(=O)CC(N)C(C)(C)C. The fourth-order valence-corrected chi connectivity index (χ4v) is 2.59. The van der Waals surface area contributed by atoms with Crippen LogP contribution in [0.25, 0.3) is 0 Å². The molecule has 1 aliphatic rings. The maximum atomic E-state index is 12.2. The molecule has 19 heavy (non-hydrogen) atoms. The third-order valence-corrected chi connectivity index (χ3v) is 4.32. The molecule has 1 heterocycles. The monoisotopic (exact) mass is 269 g/mol. The topological polar surface area (TPSA) is 49.6 Å². The van der Waals surface area contributed by atoms with Crippen LogP contribution in [-0.2, 0) is 4.79 Å². The molecule has 0 aromatic carbocycles. The number of hydrogen-bond acceptors (Lipinski definition) is 3. The van der Waals surface area contributed by atoms with E-state index in [1.807, 2.05) is 11.9 Å². The zero-order chi connectivity index (χ0) is 14.6. The van der Waals surface area contributed by atoms with Gasteiger partial charge in [0, 0.05) is 32.1 Å². The minimum atomic E-state index is -0.0756. The van der Waals surface area contributed by atoms with Crippen LogP contribution in [0.1, 0.15) is 47.0 Å². The van der Waals surface area contributed by atoms with Gasteiger partial charge in [0.25, 0.3) is 0 Å². The molecule has 2 atom stereocenters. The van der Waals surface area contributed by atoms with Crippen molar-refractivity contribution in [3.8, 4) is 0 Å². The predicted molar refractivity (Wildman–Crippen MR) is 80.0 cm³/mol. The maximum Gasteiger partial charge on any atom is 0.223 e. The summed E-state index contributed by atoms with van der Waals surface area (Å²) in [7, 11) is 1.91. The van der Waals surface area contributed by atoms with Crippen molar-refractivity contribution in [2.45, 2.75) is 59.0 Å². The molecule has 1 fully saturated rings. The lowest BCUT2D eigenvalue weighted by Gasteiger charge is -2.31. The van der Waals surface area contributed by atoms with Crippen molar-refractivity contribution in [1.29, 1.82) is 0 Å². The molecule has 1 rings (SSSR count). The fraction of sp³-hybridized carbons (Fsp3) is 0.933. The number of nitrogens with zero attached hydrogens (tertiary/aromatic N) is 2. The quantitative estimate of drug-likeness (QED) is 0.826. The van der Waals surface area contributed by atoms with Crippen molar-refractivity contribution >= 4 is 5.91 Å². The lowest BCUT2D eigenvalue weighted by molar-refractivity contribution is -0.131. The van der Waals surface area contributed by atoms with Crippen molar-refractivity contribution < 1.29 is 4.79 Å². The molecule has 0 bridgehead atoms. The van der Waals surface area contributed by atoms with E-state index in [0.717, 1.165) is 13.1 Å². The second kappa shape index (κ2) is 6.71. The van der Waals surface area contributed by atoms with Crippen LogP contribution >= 0.6 is 0 Å². The van der Waals surface area contributed by atoms with Gasteiger partial charge >= 0.3 is 0 Å². The van der Waals surface area contributed by atoms with Gasteiger partial charge in [0.05, 0.1) is 0 Å². The summed E-state index contributed by atoms with van der Waals surface area (Å²) < 4.78 is 0. The average Bonchev–Trinajstić information content (AvgIpc) is 2.74. The fourth-order valence-electron chi connectivity index (χ4n) is 2.59. The first-order valence-electron chi connectivity index (χ1n) is 7.49. The van der Waals surface area contributed by atoms with Gasteiger partial charge in [0.2, 0.25) is 5.91 Å². The minimum absolute atomic E-state index is 0.0146. The van der Waals surface area contributed by atoms with E-state index in [2.05, 4.69) is 32.6 Å². The van der Waals surface area contributed by atoms with Crippen molar-refractivity contribution in [2.75, 3.05) is 26.7 Å². The van der Waals surface area contributed by atoms with E-state index in [-0.39, 0.29) is 17.4 Å². The summed E-state index contributed by atoms with van der Waals surface area (Å²) in [5.41, 5.74) is 6.08. The summed E-state index contributed by atoms with van der Waals surface area (Å²) in [6.07, 6.45) is 2.90. The second-order valence-electron chi connectivity index (χ2n) is 6.88. The molecular weight excluding hydrogens is 238 g/mol. The van der Waals surface area contributed by atoms with Gasteiger partial charge in [-0.2, -0.15) is 0 Å². The minimum Gasteiger partial charge on any atom is -0.344 e.